The number of fused-ring (bicyclic) bond motifs is 1. The zero-order valence-corrected chi connectivity index (χ0v) is 13.3. The monoisotopic (exact) mass is 294 g/mol. The van der Waals surface area contributed by atoms with E-state index in [2.05, 4.69) is 9.10 Å². The summed E-state index contributed by atoms with van der Waals surface area (Å²) in [5, 5.41) is 11.6. The molecule has 2 aromatic rings. The Balaban J connectivity index is 0.00000162. The van der Waals surface area contributed by atoms with Crippen LogP contribution in [-0.2, 0) is 10.0 Å². The normalized spacial score (nSPS) is 10.9. The van der Waals surface area contributed by atoms with E-state index in [9.17, 15) is 18.3 Å². The first-order chi connectivity index (χ1) is 7.87. The molecule has 0 unspecified atom stereocenters. The fraction of sp³-hybridized carbons (Fsp3) is 0.111. The average molecular weight is 294 g/mol. The summed E-state index contributed by atoms with van der Waals surface area (Å²) in [4.78, 5) is 10.6. The minimum atomic E-state index is -3.37. The molecule has 9 heteroatoms. The minimum absolute atomic E-state index is 0. The van der Waals surface area contributed by atoms with E-state index in [0.29, 0.717) is 15.9 Å². The molecule has 1 aromatic heterocycles. The van der Waals surface area contributed by atoms with E-state index < -0.39 is 16.0 Å². The first-order valence-corrected chi connectivity index (χ1v) is 7.12. The number of hydrogen-bond donors (Lipinski definition) is 1. The van der Waals surface area contributed by atoms with Gasteiger partial charge in [-0.25, -0.2) is 8.42 Å². The molecule has 0 saturated carbocycles. The van der Waals surface area contributed by atoms with E-state index in [1.807, 2.05) is 0 Å². The van der Waals surface area contributed by atoms with Crippen LogP contribution < -0.4 is 39.4 Å². The van der Waals surface area contributed by atoms with E-state index in [0.717, 1.165) is 17.8 Å². The molecule has 1 heterocycles. The Morgan fingerprint density at radius 2 is 2.11 bits per heavy atom. The summed E-state index contributed by atoms with van der Waals surface area (Å²) in [6.45, 7) is 0. The summed E-state index contributed by atoms with van der Waals surface area (Å²) in [6.07, 6.45) is 1.04. The molecule has 0 saturated heterocycles. The fourth-order valence-electron chi connectivity index (χ4n) is 1.31. The number of hydrogen-bond acceptors (Lipinski definition) is 6. The van der Waals surface area contributed by atoms with E-state index in [4.69, 9.17) is 0 Å². The van der Waals surface area contributed by atoms with Gasteiger partial charge in [0, 0.05) is 5.39 Å². The van der Waals surface area contributed by atoms with E-state index >= 15 is 0 Å². The number of benzene rings is 1. The Labute approximate surface area is 130 Å². The number of sulfonamides is 1. The van der Waals surface area contributed by atoms with Gasteiger partial charge in [0.25, 0.3) is 0 Å². The molecule has 0 fully saturated rings. The van der Waals surface area contributed by atoms with E-state index in [1.165, 1.54) is 18.2 Å². The van der Waals surface area contributed by atoms with E-state index in [1.54, 1.807) is 0 Å². The second-order valence-corrected chi connectivity index (χ2v) is 5.93. The molecule has 1 aromatic carbocycles. The molecular formula is C9H7N2NaO4S2. The number of nitrogens with one attached hydrogen (secondary N) is 1. The Bertz CT molecular complexity index is 696. The van der Waals surface area contributed by atoms with Gasteiger partial charge in [0.2, 0.25) is 10.0 Å². The van der Waals surface area contributed by atoms with Gasteiger partial charge in [-0.1, -0.05) is 6.07 Å². The maximum atomic E-state index is 11.1. The van der Waals surface area contributed by atoms with Gasteiger partial charge >= 0.3 is 29.6 Å². The first kappa shape index (κ1) is 15.4. The summed E-state index contributed by atoms with van der Waals surface area (Å²) in [5.74, 6) is -1.29. The molecular weight excluding hydrogens is 287 g/mol. The Kier molecular flexibility index (Phi) is 4.73. The smallest absolute Gasteiger partial charge is 0.545 e. The van der Waals surface area contributed by atoms with Crippen LogP contribution in [0.5, 0.6) is 0 Å². The van der Waals surface area contributed by atoms with Crippen molar-refractivity contribution in [1.29, 1.82) is 0 Å². The number of aromatic carboxylic acids is 1. The van der Waals surface area contributed by atoms with E-state index in [-0.39, 0.29) is 35.1 Å². The van der Waals surface area contributed by atoms with Crippen molar-refractivity contribution in [1.82, 2.24) is 4.37 Å². The Hall–Kier alpha value is -0.670. The number of anilines is 1. The van der Waals surface area contributed by atoms with Crippen molar-refractivity contribution in [3.05, 3.63) is 23.8 Å². The number of rotatable bonds is 3. The van der Waals surface area contributed by atoms with Gasteiger partial charge in [-0.3, -0.25) is 4.72 Å². The zero-order chi connectivity index (χ0) is 12.6. The van der Waals surface area contributed by atoms with Gasteiger partial charge < -0.3 is 9.90 Å². The summed E-state index contributed by atoms with van der Waals surface area (Å²) in [6, 6.07) is 4.19. The van der Waals surface area contributed by atoms with Crippen molar-refractivity contribution < 1.29 is 47.9 Å². The maximum Gasteiger partial charge on any atom is 1.00 e. The maximum absolute atomic E-state index is 11.1. The number of aromatic nitrogens is 1. The van der Waals surface area contributed by atoms with Crippen LogP contribution in [0, 0.1) is 0 Å². The summed E-state index contributed by atoms with van der Waals surface area (Å²) in [7, 11) is -3.37. The van der Waals surface area contributed by atoms with Crippen LogP contribution in [-0.4, -0.2) is 25.0 Å². The third kappa shape index (κ3) is 3.42. The molecule has 0 aliphatic rings. The van der Waals surface area contributed by atoms with Crippen molar-refractivity contribution in [2.24, 2.45) is 0 Å². The van der Waals surface area contributed by atoms with Crippen molar-refractivity contribution in [2.75, 3.05) is 11.0 Å². The van der Waals surface area contributed by atoms with Gasteiger partial charge in [0.15, 0.2) is 0 Å². The number of carboxylic acid groups (broad SMARTS) is 1. The molecule has 0 aliphatic heterocycles. The Morgan fingerprint density at radius 3 is 2.67 bits per heavy atom. The number of carbonyl (C=O) groups excluding carboxylic acids is 1. The number of carboxylic acids is 1. The van der Waals surface area contributed by atoms with Gasteiger partial charge in [-0.05, 0) is 29.2 Å². The molecule has 90 valence electrons. The predicted octanol–water partition coefficient (Wildman–Crippen LogP) is -2.96. The molecule has 0 atom stereocenters. The van der Waals surface area contributed by atoms with Crippen LogP contribution in [0.25, 0.3) is 10.9 Å². The Morgan fingerprint density at radius 1 is 1.44 bits per heavy atom. The van der Waals surface area contributed by atoms with Crippen molar-refractivity contribution >= 4 is 43.4 Å². The molecule has 0 radical (unpaired) electrons. The van der Waals surface area contributed by atoms with Crippen LogP contribution in [0.2, 0.25) is 0 Å². The average Bonchev–Trinajstić information content (AvgIpc) is 2.58. The molecule has 6 nitrogen and oxygen atoms in total. The van der Waals surface area contributed by atoms with Gasteiger partial charge in [-0.15, -0.1) is 0 Å². The molecule has 1 N–H and O–H groups in total. The van der Waals surface area contributed by atoms with Gasteiger partial charge in [-0.2, -0.15) is 4.37 Å². The van der Waals surface area contributed by atoms with Crippen LogP contribution >= 0.6 is 11.5 Å². The van der Waals surface area contributed by atoms with Crippen molar-refractivity contribution in [3.63, 3.8) is 0 Å². The summed E-state index contributed by atoms with van der Waals surface area (Å²) >= 11 is 0.956. The standard InChI is InChI=1S/C9H8N2O4S2.Na/c1-17(14,15)11-8-6-3-2-5(9(12)13)4-7(6)10-16-8;/h2-4,11H,1H3,(H,12,13);/q;+1/p-1. The first-order valence-electron chi connectivity index (χ1n) is 4.45. The second kappa shape index (κ2) is 5.54. The number of carbonyl (C=O) groups is 1. The summed E-state index contributed by atoms with van der Waals surface area (Å²) in [5.41, 5.74) is 0.427. The van der Waals surface area contributed by atoms with Crippen LogP contribution in [0.1, 0.15) is 10.4 Å². The quantitative estimate of drug-likeness (QED) is 0.610. The SMILES string of the molecule is CS(=O)(=O)Nc1snc2cc(C(=O)[O-])ccc12.[Na+]. The van der Waals surface area contributed by atoms with Crippen LogP contribution in [0.4, 0.5) is 5.00 Å². The molecule has 0 aliphatic carbocycles. The molecule has 2 rings (SSSR count). The zero-order valence-electron chi connectivity index (χ0n) is 9.63. The predicted molar refractivity (Wildman–Crippen MR) is 62.4 cm³/mol. The molecule has 0 amide bonds. The molecule has 0 bridgehead atoms. The third-order valence-corrected chi connectivity index (χ3v) is 3.49. The second-order valence-electron chi connectivity index (χ2n) is 3.41. The fourth-order valence-corrected chi connectivity index (χ4v) is 2.97. The van der Waals surface area contributed by atoms with Crippen molar-refractivity contribution in [2.45, 2.75) is 0 Å². The van der Waals surface area contributed by atoms with Gasteiger partial charge in [0.05, 0.1) is 17.7 Å². The minimum Gasteiger partial charge on any atom is -0.545 e. The topological polar surface area (TPSA) is 99.2 Å². The van der Waals surface area contributed by atoms with Crippen molar-refractivity contribution in [3.8, 4) is 0 Å². The number of nitrogens with zero attached hydrogens (tertiary/aromatic N) is 1. The molecule has 18 heavy (non-hydrogen) atoms. The molecule has 0 spiro atoms. The third-order valence-electron chi connectivity index (χ3n) is 1.99. The largest absolute Gasteiger partial charge is 1.00 e. The van der Waals surface area contributed by atoms with Crippen LogP contribution in [0.3, 0.4) is 0 Å². The van der Waals surface area contributed by atoms with Crippen LogP contribution in [0.15, 0.2) is 18.2 Å². The van der Waals surface area contributed by atoms with Gasteiger partial charge in [0.1, 0.15) is 5.00 Å². The summed E-state index contributed by atoms with van der Waals surface area (Å²) < 4.78 is 28.4.